The van der Waals surface area contributed by atoms with Crippen molar-refractivity contribution in [3.63, 3.8) is 0 Å². The lowest BCUT2D eigenvalue weighted by molar-refractivity contribution is 0.0239. The molecule has 0 aromatic heterocycles. The predicted molar refractivity (Wildman–Crippen MR) is 75.9 cm³/mol. The number of nitrogens with zero attached hydrogens (tertiary/aromatic N) is 1. The summed E-state index contributed by atoms with van der Waals surface area (Å²) in [4.78, 5) is 2.54. The normalized spacial score (nSPS) is 29.3. The second-order valence-electron chi connectivity index (χ2n) is 6.52. The van der Waals surface area contributed by atoms with E-state index in [1.807, 2.05) is 0 Å². The molecule has 2 aliphatic rings. The van der Waals surface area contributed by atoms with E-state index in [2.05, 4.69) is 24.2 Å². The number of ether oxygens (including phenoxy) is 1. The van der Waals surface area contributed by atoms with E-state index in [4.69, 9.17) is 4.74 Å². The molecule has 2 heterocycles. The monoisotopic (exact) mass is 254 g/mol. The highest BCUT2D eigenvalue weighted by Crippen LogP contribution is 2.28. The maximum Gasteiger partial charge on any atom is 0.0471 e. The van der Waals surface area contributed by atoms with Gasteiger partial charge in [0.15, 0.2) is 0 Å². The van der Waals surface area contributed by atoms with Gasteiger partial charge >= 0.3 is 0 Å². The molecule has 2 rings (SSSR count). The van der Waals surface area contributed by atoms with Gasteiger partial charge in [-0.25, -0.2) is 0 Å². The van der Waals surface area contributed by atoms with Crippen LogP contribution in [0.5, 0.6) is 0 Å². The minimum atomic E-state index is 0.469. The Labute approximate surface area is 112 Å². The summed E-state index contributed by atoms with van der Waals surface area (Å²) in [5.74, 6) is 0. The smallest absolute Gasteiger partial charge is 0.0471 e. The summed E-state index contributed by atoms with van der Waals surface area (Å²) < 4.78 is 5.45. The van der Waals surface area contributed by atoms with Gasteiger partial charge in [0, 0.05) is 25.8 Å². The first-order valence-corrected chi connectivity index (χ1v) is 7.68. The fourth-order valence-electron chi connectivity index (χ4n) is 3.21. The zero-order valence-corrected chi connectivity index (χ0v) is 12.2. The maximum atomic E-state index is 5.45. The van der Waals surface area contributed by atoms with Crippen molar-refractivity contribution < 1.29 is 4.74 Å². The molecule has 0 bridgehead atoms. The van der Waals surface area contributed by atoms with E-state index in [9.17, 15) is 0 Å². The summed E-state index contributed by atoms with van der Waals surface area (Å²) in [5.41, 5.74) is 0.469. The number of hydrogen-bond acceptors (Lipinski definition) is 3. The second kappa shape index (κ2) is 6.88. The van der Waals surface area contributed by atoms with Gasteiger partial charge in [0.1, 0.15) is 0 Å². The van der Waals surface area contributed by atoms with Gasteiger partial charge in [-0.1, -0.05) is 13.3 Å². The number of piperidine rings is 1. The van der Waals surface area contributed by atoms with E-state index in [1.165, 1.54) is 51.6 Å². The molecule has 3 nitrogen and oxygen atoms in total. The average Bonchev–Trinajstić information content (AvgIpc) is 2.37. The largest absolute Gasteiger partial charge is 0.381 e. The quantitative estimate of drug-likeness (QED) is 0.762. The lowest BCUT2D eigenvalue weighted by atomic mass is 9.82. The Morgan fingerprint density at radius 3 is 2.78 bits per heavy atom. The Morgan fingerprint density at radius 1 is 1.28 bits per heavy atom. The Kier molecular flexibility index (Phi) is 5.46. The summed E-state index contributed by atoms with van der Waals surface area (Å²) >= 11 is 0. The van der Waals surface area contributed by atoms with E-state index >= 15 is 0 Å². The highest BCUT2D eigenvalue weighted by Gasteiger charge is 2.27. The zero-order chi connectivity index (χ0) is 12.8. The first kappa shape index (κ1) is 14.3. The molecule has 0 saturated carbocycles. The van der Waals surface area contributed by atoms with Crippen LogP contribution in [0.1, 0.15) is 45.4 Å². The first-order valence-electron chi connectivity index (χ1n) is 7.68. The van der Waals surface area contributed by atoms with Gasteiger partial charge in [0.25, 0.3) is 0 Å². The summed E-state index contributed by atoms with van der Waals surface area (Å²) in [6.45, 7) is 7.92. The minimum Gasteiger partial charge on any atom is -0.381 e. The van der Waals surface area contributed by atoms with Gasteiger partial charge < -0.3 is 15.0 Å². The Bertz CT molecular complexity index is 239. The van der Waals surface area contributed by atoms with Crippen molar-refractivity contribution in [3.8, 4) is 0 Å². The number of hydrogen-bond donors (Lipinski definition) is 1. The van der Waals surface area contributed by atoms with Crippen molar-refractivity contribution in [2.45, 2.75) is 51.5 Å². The fraction of sp³-hybridized carbons (Fsp3) is 1.00. The van der Waals surface area contributed by atoms with Crippen LogP contribution in [0.4, 0.5) is 0 Å². The molecule has 1 unspecified atom stereocenters. The summed E-state index contributed by atoms with van der Waals surface area (Å²) in [5, 5.41) is 3.68. The molecule has 1 N–H and O–H groups in total. The third kappa shape index (κ3) is 4.22. The van der Waals surface area contributed by atoms with Crippen LogP contribution in [0.2, 0.25) is 0 Å². The Morgan fingerprint density at radius 2 is 2.06 bits per heavy atom. The van der Waals surface area contributed by atoms with Gasteiger partial charge in [0.2, 0.25) is 0 Å². The zero-order valence-electron chi connectivity index (χ0n) is 12.2. The lowest BCUT2D eigenvalue weighted by Gasteiger charge is -2.35. The van der Waals surface area contributed by atoms with Crippen LogP contribution >= 0.6 is 0 Å². The molecule has 2 aliphatic heterocycles. The van der Waals surface area contributed by atoms with Crippen LogP contribution in [0, 0.1) is 5.41 Å². The van der Waals surface area contributed by atoms with Crippen molar-refractivity contribution in [1.82, 2.24) is 10.2 Å². The standard InChI is InChI=1S/C15H30N2O/c1-15(7-11-18-12-8-15)13-16-9-6-14-5-3-4-10-17(14)2/h14,16H,3-13H2,1-2H3. The predicted octanol–water partition coefficient (Wildman–Crippen LogP) is 2.27. The van der Waals surface area contributed by atoms with Gasteiger partial charge in [-0.05, 0) is 57.7 Å². The summed E-state index contributed by atoms with van der Waals surface area (Å²) in [7, 11) is 2.28. The van der Waals surface area contributed by atoms with Gasteiger partial charge in [-0.3, -0.25) is 0 Å². The SMILES string of the molecule is CN1CCCCC1CCNCC1(C)CCOCC1. The molecule has 18 heavy (non-hydrogen) atoms. The van der Waals surface area contributed by atoms with Crippen LogP contribution < -0.4 is 5.32 Å². The van der Waals surface area contributed by atoms with Gasteiger partial charge in [-0.15, -0.1) is 0 Å². The molecule has 0 aromatic carbocycles. The number of likely N-dealkylation sites (tertiary alicyclic amines) is 1. The summed E-state index contributed by atoms with van der Waals surface area (Å²) in [6, 6.07) is 0.814. The fourth-order valence-corrected chi connectivity index (χ4v) is 3.21. The van der Waals surface area contributed by atoms with E-state index in [0.717, 1.165) is 25.8 Å². The number of nitrogens with one attached hydrogen (secondary N) is 1. The van der Waals surface area contributed by atoms with Crippen LogP contribution in [0.3, 0.4) is 0 Å². The molecular formula is C15H30N2O. The van der Waals surface area contributed by atoms with Crippen LogP contribution in [0.15, 0.2) is 0 Å². The van der Waals surface area contributed by atoms with Crippen molar-refractivity contribution in [2.24, 2.45) is 5.41 Å². The van der Waals surface area contributed by atoms with Gasteiger partial charge in [0.05, 0.1) is 0 Å². The molecule has 0 spiro atoms. The van der Waals surface area contributed by atoms with E-state index in [0.29, 0.717) is 5.41 Å². The van der Waals surface area contributed by atoms with E-state index < -0.39 is 0 Å². The highest BCUT2D eigenvalue weighted by molar-refractivity contribution is 4.80. The Hall–Kier alpha value is -0.120. The van der Waals surface area contributed by atoms with Crippen LogP contribution in [0.25, 0.3) is 0 Å². The molecule has 0 radical (unpaired) electrons. The van der Waals surface area contributed by atoms with Crippen LogP contribution in [-0.2, 0) is 4.74 Å². The summed E-state index contributed by atoms with van der Waals surface area (Å²) in [6.07, 6.45) is 7.93. The highest BCUT2D eigenvalue weighted by atomic mass is 16.5. The third-order valence-corrected chi connectivity index (χ3v) is 4.83. The molecule has 1 atom stereocenters. The van der Waals surface area contributed by atoms with E-state index in [-0.39, 0.29) is 0 Å². The topological polar surface area (TPSA) is 24.5 Å². The second-order valence-corrected chi connectivity index (χ2v) is 6.52. The lowest BCUT2D eigenvalue weighted by Crippen LogP contribution is -2.41. The molecule has 0 amide bonds. The van der Waals surface area contributed by atoms with Crippen molar-refractivity contribution in [3.05, 3.63) is 0 Å². The van der Waals surface area contributed by atoms with Crippen molar-refractivity contribution in [2.75, 3.05) is 39.9 Å². The first-order chi connectivity index (χ1) is 8.70. The molecule has 2 saturated heterocycles. The van der Waals surface area contributed by atoms with Gasteiger partial charge in [-0.2, -0.15) is 0 Å². The molecule has 3 heteroatoms. The minimum absolute atomic E-state index is 0.469. The number of rotatable bonds is 5. The molecule has 106 valence electrons. The maximum absolute atomic E-state index is 5.45. The molecular weight excluding hydrogens is 224 g/mol. The van der Waals surface area contributed by atoms with E-state index in [1.54, 1.807) is 0 Å². The third-order valence-electron chi connectivity index (χ3n) is 4.83. The van der Waals surface area contributed by atoms with Crippen molar-refractivity contribution >= 4 is 0 Å². The molecule has 2 fully saturated rings. The van der Waals surface area contributed by atoms with Crippen LogP contribution in [-0.4, -0.2) is 50.8 Å². The Balaban J connectivity index is 1.60. The molecule has 0 aromatic rings. The average molecular weight is 254 g/mol. The van der Waals surface area contributed by atoms with Crippen molar-refractivity contribution in [1.29, 1.82) is 0 Å². The molecule has 0 aliphatic carbocycles.